The Bertz CT molecular complexity index is 739. The lowest BCUT2D eigenvalue weighted by molar-refractivity contribution is -0.117. The highest BCUT2D eigenvalue weighted by atomic mass is 32.1. The number of likely N-dealkylation sites (N-methyl/N-ethyl adjacent to an activating group) is 1. The number of rotatable bonds is 5. The highest BCUT2D eigenvalue weighted by molar-refractivity contribution is 7.09. The maximum Gasteiger partial charge on any atom is 0.253 e. The van der Waals surface area contributed by atoms with E-state index in [1.165, 1.54) is 4.88 Å². The molecule has 1 aromatic carbocycles. The van der Waals surface area contributed by atoms with E-state index in [-0.39, 0.29) is 11.8 Å². The van der Waals surface area contributed by atoms with Crippen molar-refractivity contribution in [1.29, 1.82) is 0 Å². The number of benzene rings is 1. The van der Waals surface area contributed by atoms with Crippen LogP contribution in [0.2, 0.25) is 0 Å². The highest BCUT2D eigenvalue weighted by Gasteiger charge is 2.22. The minimum absolute atomic E-state index is 0.00327. The molecule has 0 radical (unpaired) electrons. The Labute approximate surface area is 145 Å². The van der Waals surface area contributed by atoms with Crippen LogP contribution < -0.4 is 4.90 Å². The highest BCUT2D eigenvalue weighted by Crippen LogP contribution is 2.22. The van der Waals surface area contributed by atoms with Crippen LogP contribution in [0.5, 0.6) is 0 Å². The molecule has 1 aliphatic rings. The molecule has 0 atom stereocenters. The van der Waals surface area contributed by atoms with Crippen molar-refractivity contribution in [3.05, 3.63) is 45.9 Å². The van der Waals surface area contributed by atoms with Crippen molar-refractivity contribution in [2.24, 2.45) is 0 Å². The van der Waals surface area contributed by atoms with E-state index in [1.807, 2.05) is 31.6 Å². The smallest absolute Gasteiger partial charge is 0.253 e. The molecule has 2 aromatic rings. The van der Waals surface area contributed by atoms with Crippen LogP contribution >= 0.6 is 11.3 Å². The molecule has 1 aromatic heterocycles. The lowest BCUT2D eigenvalue weighted by Crippen LogP contribution is -2.29. The van der Waals surface area contributed by atoms with Crippen molar-refractivity contribution in [2.75, 3.05) is 25.0 Å². The largest absolute Gasteiger partial charge is 0.341 e. The van der Waals surface area contributed by atoms with E-state index in [2.05, 4.69) is 4.98 Å². The summed E-state index contributed by atoms with van der Waals surface area (Å²) < 4.78 is 0. The zero-order chi connectivity index (χ0) is 17.1. The first kappa shape index (κ1) is 16.6. The van der Waals surface area contributed by atoms with E-state index in [9.17, 15) is 9.59 Å². The topological polar surface area (TPSA) is 53.5 Å². The summed E-state index contributed by atoms with van der Waals surface area (Å²) in [7, 11) is 1.82. The van der Waals surface area contributed by atoms with E-state index >= 15 is 0 Å². The molecule has 24 heavy (non-hydrogen) atoms. The predicted octanol–water partition coefficient (Wildman–Crippen LogP) is 2.89. The number of amides is 2. The number of aromatic nitrogens is 1. The first-order valence-electron chi connectivity index (χ1n) is 8.11. The molecule has 3 rings (SSSR count). The number of anilines is 1. The fourth-order valence-electron chi connectivity index (χ4n) is 2.86. The summed E-state index contributed by atoms with van der Waals surface area (Å²) >= 11 is 1.63. The maximum atomic E-state index is 12.5. The van der Waals surface area contributed by atoms with Gasteiger partial charge in [-0.25, -0.2) is 4.98 Å². The third kappa shape index (κ3) is 3.48. The zero-order valence-electron chi connectivity index (χ0n) is 14.0. The Morgan fingerprint density at radius 3 is 2.67 bits per heavy atom. The van der Waals surface area contributed by atoms with E-state index in [0.29, 0.717) is 18.5 Å². The summed E-state index contributed by atoms with van der Waals surface area (Å²) in [5.74, 6) is 0.155. The Kier molecular flexibility index (Phi) is 4.94. The van der Waals surface area contributed by atoms with Gasteiger partial charge in [0.15, 0.2) is 0 Å². The average Bonchev–Trinajstić information content (AvgIpc) is 3.20. The molecule has 1 aliphatic heterocycles. The van der Waals surface area contributed by atoms with Gasteiger partial charge in [0, 0.05) is 49.1 Å². The molecular weight excluding hydrogens is 322 g/mol. The normalized spacial score (nSPS) is 14.2. The fourth-order valence-corrected chi connectivity index (χ4v) is 3.63. The number of nitrogens with zero attached hydrogens (tertiary/aromatic N) is 3. The standard InChI is InChI=1S/C18H21N3O2S/c1-13-16(24-12-19-13)9-11-20(2)18(23)14-5-7-15(8-6-14)21-10-3-4-17(21)22/h5-8,12H,3-4,9-11H2,1-2H3. The molecular formula is C18H21N3O2S. The van der Waals surface area contributed by atoms with Crippen molar-refractivity contribution in [3.63, 3.8) is 0 Å². The van der Waals surface area contributed by atoms with Crippen molar-refractivity contribution >= 4 is 28.8 Å². The van der Waals surface area contributed by atoms with Gasteiger partial charge in [-0.1, -0.05) is 0 Å². The van der Waals surface area contributed by atoms with Crippen LogP contribution in [0.25, 0.3) is 0 Å². The van der Waals surface area contributed by atoms with Gasteiger partial charge in [0.25, 0.3) is 5.91 Å². The van der Waals surface area contributed by atoms with Crippen LogP contribution in [0.15, 0.2) is 29.8 Å². The first-order chi connectivity index (χ1) is 11.6. The molecule has 1 saturated heterocycles. The molecule has 0 saturated carbocycles. The number of thiazole rings is 1. The Balaban J connectivity index is 1.61. The molecule has 0 bridgehead atoms. The van der Waals surface area contributed by atoms with Gasteiger partial charge in [0.1, 0.15) is 0 Å². The van der Waals surface area contributed by atoms with Gasteiger partial charge in [-0.05, 0) is 37.6 Å². The third-order valence-electron chi connectivity index (χ3n) is 4.37. The number of aryl methyl sites for hydroxylation is 1. The summed E-state index contributed by atoms with van der Waals surface area (Å²) in [6.07, 6.45) is 2.33. The minimum Gasteiger partial charge on any atom is -0.341 e. The zero-order valence-corrected chi connectivity index (χ0v) is 14.8. The van der Waals surface area contributed by atoms with Gasteiger partial charge in [-0.3, -0.25) is 9.59 Å². The van der Waals surface area contributed by atoms with Gasteiger partial charge in [0.2, 0.25) is 5.91 Å². The second kappa shape index (κ2) is 7.13. The third-order valence-corrected chi connectivity index (χ3v) is 5.36. The minimum atomic E-state index is -0.00327. The number of carbonyl (C=O) groups excluding carboxylic acids is 2. The molecule has 1 fully saturated rings. The van der Waals surface area contributed by atoms with E-state index in [1.54, 1.807) is 33.3 Å². The molecule has 2 heterocycles. The molecule has 6 heteroatoms. The van der Waals surface area contributed by atoms with E-state index < -0.39 is 0 Å². The van der Waals surface area contributed by atoms with Crippen molar-refractivity contribution in [1.82, 2.24) is 9.88 Å². The molecule has 126 valence electrons. The maximum absolute atomic E-state index is 12.5. The van der Waals surface area contributed by atoms with E-state index in [4.69, 9.17) is 0 Å². The molecule has 0 aliphatic carbocycles. The van der Waals surface area contributed by atoms with Crippen molar-refractivity contribution < 1.29 is 9.59 Å². The van der Waals surface area contributed by atoms with Crippen LogP contribution in [0.1, 0.15) is 33.8 Å². The van der Waals surface area contributed by atoms with Gasteiger partial charge in [-0.15, -0.1) is 11.3 Å². The van der Waals surface area contributed by atoms with Gasteiger partial charge in [0.05, 0.1) is 11.2 Å². The van der Waals surface area contributed by atoms with Crippen molar-refractivity contribution in [3.8, 4) is 0 Å². The molecule has 0 N–H and O–H groups in total. The van der Waals surface area contributed by atoms with Crippen LogP contribution in [0.3, 0.4) is 0 Å². The second-order valence-electron chi connectivity index (χ2n) is 6.03. The number of hydrogen-bond acceptors (Lipinski definition) is 4. The van der Waals surface area contributed by atoms with Crippen molar-refractivity contribution in [2.45, 2.75) is 26.2 Å². The van der Waals surface area contributed by atoms with Crippen LogP contribution in [-0.2, 0) is 11.2 Å². The van der Waals surface area contributed by atoms with E-state index in [0.717, 1.165) is 30.8 Å². The Morgan fingerprint density at radius 2 is 2.08 bits per heavy atom. The second-order valence-corrected chi connectivity index (χ2v) is 6.97. The predicted molar refractivity (Wildman–Crippen MR) is 95.5 cm³/mol. The lowest BCUT2D eigenvalue weighted by Gasteiger charge is -2.19. The van der Waals surface area contributed by atoms with Gasteiger partial charge >= 0.3 is 0 Å². The van der Waals surface area contributed by atoms with Gasteiger partial charge in [-0.2, -0.15) is 0 Å². The number of carbonyl (C=O) groups is 2. The SMILES string of the molecule is Cc1ncsc1CCN(C)C(=O)c1ccc(N2CCCC2=O)cc1. The molecule has 5 nitrogen and oxygen atoms in total. The summed E-state index contributed by atoms with van der Waals surface area (Å²) in [5.41, 5.74) is 4.40. The molecule has 2 amide bonds. The first-order valence-corrected chi connectivity index (χ1v) is 8.99. The summed E-state index contributed by atoms with van der Waals surface area (Å²) in [4.78, 5) is 33.3. The number of hydrogen-bond donors (Lipinski definition) is 0. The molecule has 0 unspecified atom stereocenters. The summed E-state index contributed by atoms with van der Waals surface area (Å²) in [5, 5.41) is 0. The Morgan fingerprint density at radius 1 is 1.33 bits per heavy atom. The average molecular weight is 343 g/mol. The Hall–Kier alpha value is -2.21. The lowest BCUT2D eigenvalue weighted by atomic mass is 10.1. The fraction of sp³-hybridized carbons (Fsp3) is 0.389. The summed E-state index contributed by atoms with van der Waals surface area (Å²) in [6, 6.07) is 7.32. The van der Waals surface area contributed by atoms with Crippen LogP contribution in [0, 0.1) is 6.92 Å². The molecule has 0 spiro atoms. The monoisotopic (exact) mass is 343 g/mol. The quantitative estimate of drug-likeness (QED) is 0.839. The van der Waals surface area contributed by atoms with Gasteiger partial charge < -0.3 is 9.80 Å². The van der Waals surface area contributed by atoms with Crippen LogP contribution in [0.4, 0.5) is 5.69 Å². The summed E-state index contributed by atoms with van der Waals surface area (Å²) in [6.45, 7) is 3.42. The van der Waals surface area contributed by atoms with Crippen LogP contribution in [-0.4, -0.2) is 41.8 Å².